The van der Waals surface area contributed by atoms with E-state index in [1.165, 1.54) is 6.07 Å². The van der Waals surface area contributed by atoms with Crippen LogP contribution in [-0.2, 0) is 11.3 Å². The van der Waals surface area contributed by atoms with Crippen molar-refractivity contribution in [3.8, 4) is 22.4 Å². The van der Waals surface area contributed by atoms with Gasteiger partial charge in [-0.25, -0.2) is 9.18 Å². The molecular weight excluding hydrogens is 431 g/mol. The number of ether oxygens (including phenoxy) is 1. The molecule has 0 unspecified atom stereocenters. The molecule has 0 spiro atoms. The fourth-order valence-electron chi connectivity index (χ4n) is 4.22. The fourth-order valence-corrected chi connectivity index (χ4v) is 4.38. The summed E-state index contributed by atoms with van der Waals surface area (Å²) >= 11 is 5.98. The van der Waals surface area contributed by atoms with Gasteiger partial charge in [0, 0.05) is 28.5 Å². The molecule has 3 heterocycles. The van der Waals surface area contributed by atoms with Gasteiger partial charge in [0.05, 0.1) is 24.3 Å². The zero-order chi connectivity index (χ0) is 23.2. The van der Waals surface area contributed by atoms with Gasteiger partial charge in [0.15, 0.2) is 0 Å². The molecule has 6 nitrogen and oxygen atoms in total. The van der Waals surface area contributed by atoms with Crippen molar-refractivity contribution in [1.29, 1.82) is 0 Å². The van der Waals surface area contributed by atoms with Crippen LogP contribution in [0.25, 0.3) is 22.4 Å². The summed E-state index contributed by atoms with van der Waals surface area (Å²) in [4.78, 5) is 18.9. The lowest BCUT2D eigenvalue weighted by Crippen LogP contribution is -2.49. The van der Waals surface area contributed by atoms with Crippen LogP contribution in [0.5, 0.6) is 0 Å². The molecule has 1 amide bonds. The van der Waals surface area contributed by atoms with E-state index in [2.05, 4.69) is 4.98 Å². The van der Waals surface area contributed by atoms with Crippen LogP contribution in [-0.4, -0.2) is 37.4 Å². The minimum atomic E-state index is -0.611. The number of halogens is 2. The van der Waals surface area contributed by atoms with Gasteiger partial charge in [-0.15, -0.1) is 0 Å². The SMILES string of the molecule is C[C@@H]1c2c(-c3ccncc3)c(-c3ccc(Cl)cc3F)nn2C[C@H](C)N1C(=O)OC(C)(C)C. The third kappa shape index (κ3) is 4.09. The van der Waals surface area contributed by atoms with E-state index in [1.807, 2.05) is 51.4 Å². The van der Waals surface area contributed by atoms with E-state index >= 15 is 0 Å². The second-order valence-corrected chi connectivity index (χ2v) is 9.50. The van der Waals surface area contributed by atoms with Crippen LogP contribution in [0.4, 0.5) is 9.18 Å². The number of hydrogen-bond acceptors (Lipinski definition) is 4. The molecule has 0 N–H and O–H groups in total. The monoisotopic (exact) mass is 456 g/mol. The highest BCUT2D eigenvalue weighted by Gasteiger charge is 2.39. The molecule has 2 aromatic heterocycles. The highest BCUT2D eigenvalue weighted by molar-refractivity contribution is 6.30. The maximum Gasteiger partial charge on any atom is 0.411 e. The van der Waals surface area contributed by atoms with E-state index in [1.54, 1.807) is 29.4 Å². The first-order chi connectivity index (χ1) is 15.1. The van der Waals surface area contributed by atoms with Gasteiger partial charge in [0.25, 0.3) is 0 Å². The number of aromatic nitrogens is 3. The molecule has 0 bridgehead atoms. The average molecular weight is 457 g/mol. The van der Waals surface area contributed by atoms with Gasteiger partial charge in [0.2, 0.25) is 0 Å². The molecule has 4 rings (SSSR count). The standard InChI is InChI=1S/C24H26ClFN4O2/c1-14-13-29-22(15(2)30(14)23(31)32-24(3,4)5)20(16-8-10-27-11-9-16)21(28-29)18-7-6-17(25)12-19(18)26/h6-12,14-15H,13H2,1-5H3/t14-,15+/m0/s1. The number of fused-ring (bicyclic) bond motifs is 1. The Balaban J connectivity index is 1.90. The zero-order valence-electron chi connectivity index (χ0n) is 18.8. The van der Waals surface area contributed by atoms with Crippen LogP contribution in [0, 0.1) is 5.82 Å². The van der Waals surface area contributed by atoms with Gasteiger partial charge >= 0.3 is 6.09 Å². The van der Waals surface area contributed by atoms with E-state index < -0.39 is 11.4 Å². The van der Waals surface area contributed by atoms with Gasteiger partial charge in [-0.1, -0.05) is 11.6 Å². The molecule has 8 heteroatoms. The Morgan fingerprint density at radius 1 is 1.19 bits per heavy atom. The number of carbonyl (C=O) groups is 1. The Kier molecular flexibility index (Phi) is 5.71. The van der Waals surface area contributed by atoms with Gasteiger partial charge in [-0.3, -0.25) is 14.6 Å². The van der Waals surface area contributed by atoms with Crippen molar-refractivity contribution in [3.05, 3.63) is 59.3 Å². The smallest absolute Gasteiger partial charge is 0.411 e. The third-order valence-electron chi connectivity index (χ3n) is 5.48. The Morgan fingerprint density at radius 3 is 2.50 bits per heavy atom. The summed E-state index contributed by atoms with van der Waals surface area (Å²) in [5.74, 6) is -0.451. The lowest BCUT2D eigenvalue weighted by molar-refractivity contribution is -0.000198. The van der Waals surface area contributed by atoms with Gasteiger partial charge < -0.3 is 4.74 Å². The van der Waals surface area contributed by atoms with E-state index in [0.717, 1.165) is 16.8 Å². The predicted molar refractivity (Wildman–Crippen MR) is 122 cm³/mol. The summed E-state index contributed by atoms with van der Waals surface area (Å²) in [6, 6.07) is 7.79. The van der Waals surface area contributed by atoms with Gasteiger partial charge in [-0.05, 0) is 70.5 Å². The molecule has 2 atom stereocenters. The normalized spacial score (nSPS) is 18.4. The number of amides is 1. The first-order valence-corrected chi connectivity index (χ1v) is 10.9. The Hall–Kier alpha value is -2.93. The number of benzene rings is 1. The van der Waals surface area contributed by atoms with Crippen molar-refractivity contribution in [1.82, 2.24) is 19.7 Å². The first-order valence-electron chi connectivity index (χ1n) is 10.5. The minimum Gasteiger partial charge on any atom is -0.444 e. The van der Waals surface area contributed by atoms with Crippen LogP contribution >= 0.6 is 11.6 Å². The van der Waals surface area contributed by atoms with Gasteiger partial charge in [-0.2, -0.15) is 5.10 Å². The highest BCUT2D eigenvalue weighted by Crippen LogP contribution is 2.43. The summed E-state index contributed by atoms with van der Waals surface area (Å²) in [5.41, 5.74) is 2.68. The summed E-state index contributed by atoms with van der Waals surface area (Å²) < 4.78 is 22.5. The molecule has 0 aliphatic carbocycles. The summed E-state index contributed by atoms with van der Waals surface area (Å²) in [6.45, 7) is 9.90. The fraction of sp³-hybridized carbons (Fsp3) is 0.375. The quantitative estimate of drug-likeness (QED) is 0.467. The molecule has 0 saturated heterocycles. The Morgan fingerprint density at radius 2 is 1.88 bits per heavy atom. The molecule has 1 aliphatic rings. The predicted octanol–water partition coefficient (Wildman–Crippen LogP) is 6.10. The van der Waals surface area contributed by atoms with E-state index in [-0.39, 0.29) is 18.2 Å². The van der Waals surface area contributed by atoms with Crippen molar-refractivity contribution in [3.63, 3.8) is 0 Å². The van der Waals surface area contributed by atoms with E-state index in [0.29, 0.717) is 22.8 Å². The molecule has 3 aromatic rings. The molecule has 32 heavy (non-hydrogen) atoms. The molecular formula is C24H26ClFN4O2. The minimum absolute atomic E-state index is 0.152. The lowest BCUT2D eigenvalue weighted by atomic mass is 9.95. The van der Waals surface area contributed by atoms with Crippen molar-refractivity contribution < 1.29 is 13.9 Å². The lowest BCUT2D eigenvalue weighted by Gasteiger charge is -2.40. The number of rotatable bonds is 2. The number of carbonyl (C=O) groups excluding carboxylic acids is 1. The molecule has 1 aliphatic heterocycles. The Bertz CT molecular complexity index is 1160. The molecule has 0 fully saturated rings. The van der Waals surface area contributed by atoms with E-state index in [4.69, 9.17) is 21.4 Å². The maximum absolute atomic E-state index is 14.9. The van der Waals surface area contributed by atoms with Gasteiger partial charge in [0.1, 0.15) is 17.1 Å². The van der Waals surface area contributed by atoms with Crippen molar-refractivity contribution in [2.75, 3.05) is 0 Å². The number of hydrogen-bond donors (Lipinski definition) is 0. The third-order valence-corrected chi connectivity index (χ3v) is 5.71. The topological polar surface area (TPSA) is 60.2 Å². The van der Waals surface area contributed by atoms with Crippen LogP contribution in [0.15, 0.2) is 42.7 Å². The highest BCUT2D eigenvalue weighted by atomic mass is 35.5. The molecule has 1 aromatic carbocycles. The van der Waals surface area contributed by atoms with Crippen molar-refractivity contribution in [2.24, 2.45) is 0 Å². The van der Waals surface area contributed by atoms with Crippen LogP contribution in [0.2, 0.25) is 5.02 Å². The second-order valence-electron chi connectivity index (χ2n) is 9.06. The largest absolute Gasteiger partial charge is 0.444 e. The second kappa shape index (κ2) is 8.20. The first kappa shape index (κ1) is 22.3. The van der Waals surface area contributed by atoms with Crippen LogP contribution in [0.3, 0.4) is 0 Å². The molecule has 0 saturated carbocycles. The number of pyridine rings is 1. The van der Waals surface area contributed by atoms with Crippen molar-refractivity contribution >= 4 is 17.7 Å². The molecule has 0 radical (unpaired) electrons. The van der Waals surface area contributed by atoms with E-state index in [9.17, 15) is 9.18 Å². The molecule has 168 valence electrons. The summed E-state index contributed by atoms with van der Waals surface area (Å²) in [6.07, 6.45) is 2.98. The maximum atomic E-state index is 14.9. The zero-order valence-corrected chi connectivity index (χ0v) is 19.5. The number of nitrogens with zero attached hydrogens (tertiary/aromatic N) is 4. The summed E-state index contributed by atoms with van der Waals surface area (Å²) in [7, 11) is 0. The van der Waals surface area contributed by atoms with Crippen LogP contribution < -0.4 is 0 Å². The van der Waals surface area contributed by atoms with Crippen molar-refractivity contribution in [2.45, 2.75) is 58.8 Å². The Labute approximate surface area is 192 Å². The van der Waals surface area contributed by atoms with Crippen LogP contribution in [0.1, 0.15) is 46.4 Å². The summed E-state index contributed by atoms with van der Waals surface area (Å²) in [5, 5.41) is 5.11. The average Bonchev–Trinajstić information content (AvgIpc) is 3.06.